The lowest BCUT2D eigenvalue weighted by Crippen LogP contribution is -2.14. The molecule has 0 saturated heterocycles. The SMILES string of the molecule is Cc1cc(=O)n2nc(CSc3nnc(-c4cc5c(s4)CCC(C)C5)o3)sc2n1. The topological polar surface area (TPSA) is 86.2 Å². The van der Waals surface area contributed by atoms with Gasteiger partial charge in [0.25, 0.3) is 16.7 Å². The van der Waals surface area contributed by atoms with Gasteiger partial charge in [0.1, 0.15) is 5.01 Å². The molecule has 10 heteroatoms. The molecule has 4 aromatic rings. The van der Waals surface area contributed by atoms with E-state index in [0.29, 0.717) is 27.5 Å². The van der Waals surface area contributed by atoms with Crippen LogP contribution in [0.3, 0.4) is 0 Å². The van der Waals surface area contributed by atoms with Gasteiger partial charge in [-0.1, -0.05) is 30.0 Å². The second kappa shape index (κ2) is 7.09. The zero-order chi connectivity index (χ0) is 19.3. The summed E-state index contributed by atoms with van der Waals surface area (Å²) in [6.07, 6.45) is 3.52. The fraction of sp³-hybridized carbons (Fsp3) is 0.389. The maximum Gasteiger partial charge on any atom is 0.277 e. The van der Waals surface area contributed by atoms with E-state index in [1.807, 2.05) is 0 Å². The van der Waals surface area contributed by atoms with E-state index < -0.39 is 0 Å². The van der Waals surface area contributed by atoms with Crippen molar-refractivity contribution in [2.45, 2.75) is 44.1 Å². The normalized spacial score (nSPS) is 16.6. The predicted molar refractivity (Wildman–Crippen MR) is 110 cm³/mol. The molecule has 7 nitrogen and oxygen atoms in total. The summed E-state index contributed by atoms with van der Waals surface area (Å²) in [5.74, 6) is 1.86. The molecule has 4 heterocycles. The Morgan fingerprint density at radius 3 is 3.11 bits per heavy atom. The average molecular weight is 432 g/mol. The number of hydrogen-bond donors (Lipinski definition) is 0. The van der Waals surface area contributed by atoms with Crippen LogP contribution in [0.4, 0.5) is 0 Å². The lowest BCUT2D eigenvalue weighted by atomic mass is 9.90. The highest BCUT2D eigenvalue weighted by Gasteiger charge is 2.21. The quantitative estimate of drug-likeness (QED) is 0.452. The molecule has 0 bridgehead atoms. The van der Waals surface area contributed by atoms with Gasteiger partial charge in [0.15, 0.2) is 0 Å². The van der Waals surface area contributed by atoms with Gasteiger partial charge in [-0.25, -0.2) is 4.98 Å². The number of aryl methyl sites for hydroxylation is 2. The lowest BCUT2D eigenvalue weighted by Gasteiger charge is -2.16. The second-order valence-electron chi connectivity index (χ2n) is 6.99. The first kappa shape index (κ1) is 18.0. The van der Waals surface area contributed by atoms with Crippen molar-refractivity contribution in [1.29, 1.82) is 0 Å². The van der Waals surface area contributed by atoms with E-state index >= 15 is 0 Å². The molecule has 4 aromatic heterocycles. The number of fused-ring (bicyclic) bond motifs is 2. The summed E-state index contributed by atoms with van der Waals surface area (Å²) in [6.45, 7) is 4.10. The van der Waals surface area contributed by atoms with Crippen LogP contribution in [0, 0.1) is 12.8 Å². The molecule has 1 aliphatic rings. The van der Waals surface area contributed by atoms with Crippen molar-refractivity contribution in [2.24, 2.45) is 5.92 Å². The fourth-order valence-electron chi connectivity index (χ4n) is 3.32. The number of thioether (sulfide) groups is 1. The third-order valence-corrected chi connectivity index (χ3v) is 7.83. The van der Waals surface area contributed by atoms with Crippen molar-refractivity contribution in [3.05, 3.63) is 43.6 Å². The van der Waals surface area contributed by atoms with Gasteiger partial charge in [0.2, 0.25) is 4.96 Å². The van der Waals surface area contributed by atoms with Crippen LogP contribution in [0.5, 0.6) is 0 Å². The van der Waals surface area contributed by atoms with Crippen LogP contribution in [-0.4, -0.2) is 24.8 Å². The van der Waals surface area contributed by atoms with Crippen LogP contribution < -0.4 is 5.56 Å². The summed E-state index contributed by atoms with van der Waals surface area (Å²) < 4.78 is 7.19. The van der Waals surface area contributed by atoms with Crippen molar-refractivity contribution < 1.29 is 4.42 Å². The van der Waals surface area contributed by atoms with Gasteiger partial charge < -0.3 is 4.42 Å². The molecule has 28 heavy (non-hydrogen) atoms. The van der Waals surface area contributed by atoms with Crippen LogP contribution in [0.1, 0.15) is 34.5 Å². The Hall–Kier alpha value is -2.04. The first-order valence-corrected chi connectivity index (χ1v) is 11.6. The third-order valence-electron chi connectivity index (χ3n) is 4.68. The van der Waals surface area contributed by atoms with Crippen molar-refractivity contribution >= 4 is 39.4 Å². The number of hydrogen-bond acceptors (Lipinski definition) is 9. The molecule has 144 valence electrons. The molecular weight excluding hydrogens is 414 g/mol. The van der Waals surface area contributed by atoms with E-state index in [1.54, 1.807) is 18.3 Å². The summed E-state index contributed by atoms with van der Waals surface area (Å²) in [4.78, 5) is 19.4. The monoisotopic (exact) mass is 431 g/mol. The van der Waals surface area contributed by atoms with E-state index in [-0.39, 0.29) is 5.56 Å². The molecular formula is C18H17N5O2S3. The predicted octanol–water partition coefficient (Wildman–Crippen LogP) is 3.99. The van der Waals surface area contributed by atoms with Crippen LogP contribution in [-0.2, 0) is 18.6 Å². The molecule has 1 aliphatic carbocycles. The van der Waals surface area contributed by atoms with Crippen molar-refractivity contribution in [3.8, 4) is 10.8 Å². The summed E-state index contributed by atoms with van der Waals surface area (Å²) in [7, 11) is 0. The molecule has 0 aliphatic heterocycles. The largest absolute Gasteiger partial charge is 0.410 e. The molecule has 0 spiro atoms. The highest BCUT2D eigenvalue weighted by molar-refractivity contribution is 7.98. The standard InChI is InChI=1S/C18H17N5O2S3/c1-9-3-4-12-11(5-9)7-13(27-12)16-20-21-18(25-16)26-8-14-22-23-15(24)6-10(2)19-17(23)28-14/h6-7,9H,3-5,8H2,1-2H3. The van der Waals surface area contributed by atoms with Gasteiger partial charge in [0.05, 0.1) is 10.6 Å². The minimum atomic E-state index is -0.161. The maximum atomic E-state index is 12.0. The van der Waals surface area contributed by atoms with Crippen LogP contribution >= 0.6 is 34.4 Å². The molecule has 0 N–H and O–H groups in total. The van der Waals surface area contributed by atoms with Gasteiger partial charge in [-0.05, 0) is 43.7 Å². The van der Waals surface area contributed by atoms with E-state index in [1.165, 1.54) is 50.5 Å². The molecule has 0 fully saturated rings. The zero-order valence-corrected chi connectivity index (χ0v) is 17.8. The van der Waals surface area contributed by atoms with E-state index in [4.69, 9.17) is 4.42 Å². The number of rotatable bonds is 4. The third kappa shape index (κ3) is 3.40. The van der Waals surface area contributed by atoms with Gasteiger partial charge in [0, 0.05) is 16.6 Å². The Balaban J connectivity index is 1.32. The first-order chi connectivity index (χ1) is 13.5. The highest BCUT2D eigenvalue weighted by atomic mass is 32.2. The smallest absolute Gasteiger partial charge is 0.277 e. The Labute approximate surface area is 172 Å². The zero-order valence-electron chi connectivity index (χ0n) is 15.3. The Bertz CT molecular complexity index is 1220. The minimum absolute atomic E-state index is 0.161. The van der Waals surface area contributed by atoms with Gasteiger partial charge in [-0.3, -0.25) is 4.79 Å². The summed E-state index contributed by atoms with van der Waals surface area (Å²) >= 11 is 4.58. The average Bonchev–Trinajstić information content (AvgIpc) is 3.36. The Morgan fingerprint density at radius 2 is 2.21 bits per heavy atom. The number of aromatic nitrogens is 5. The van der Waals surface area contributed by atoms with E-state index in [9.17, 15) is 4.79 Å². The molecule has 0 saturated carbocycles. The van der Waals surface area contributed by atoms with Gasteiger partial charge in [-0.15, -0.1) is 21.5 Å². The van der Waals surface area contributed by atoms with E-state index in [2.05, 4.69) is 33.3 Å². The van der Waals surface area contributed by atoms with Crippen molar-refractivity contribution in [1.82, 2.24) is 24.8 Å². The molecule has 0 aromatic carbocycles. The lowest BCUT2D eigenvalue weighted by molar-refractivity contribution is 0.466. The first-order valence-electron chi connectivity index (χ1n) is 9.00. The second-order valence-corrected chi connectivity index (χ2v) is 10.1. The fourth-order valence-corrected chi connectivity index (χ4v) is 6.14. The molecule has 0 amide bonds. The van der Waals surface area contributed by atoms with Gasteiger partial charge in [-0.2, -0.15) is 9.61 Å². The number of nitrogens with zero attached hydrogens (tertiary/aromatic N) is 5. The molecule has 1 atom stereocenters. The van der Waals surface area contributed by atoms with Crippen molar-refractivity contribution in [2.75, 3.05) is 0 Å². The summed E-state index contributed by atoms with van der Waals surface area (Å²) in [5, 5.41) is 14.0. The molecule has 1 unspecified atom stereocenters. The Morgan fingerprint density at radius 1 is 1.32 bits per heavy atom. The minimum Gasteiger partial charge on any atom is -0.410 e. The van der Waals surface area contributed by atoms with E-state index in [0.717, 1.165) is 28.6 Å². The maximum absolute atomic E-state index is 12.0. The van der Waals surface area contributed by atoms with Crippen LogP contribution in [0.25, 0.3) is 15.7 Å². The van der Waals surface area contributed by atoms with Crippen molar-refractivity contribution in [3.63, 3.8) is 0 Å². The summed E-state index contributed by atoms with van der Waals surface area (Å²) in [6, 6.07) is 3.68. The molecule has 0 radical (unpaired) electrons. The van der Waals surface area contributed by atoms with Gasteiger partial charge >= 0.3 is 0 Å². The number of thiophene rings is 1. The Kier molecular flexibility index (Phi) is 4.56. The van der Waals surface area contributed by atoms with Crippen LogP contribution in [0.2, 0.25) is 0 Å². The molecule has 5 rings (SSSR count). The van der Waals surface area contributed by atoms with Crippen LogP contribution in [0.15, 0.2) is 26.6 Å². The summed E-state index contributed by atoms with van der Waals surface area (Å²) in [5.41, 5.74) is 1.96. The highest BCUT2D eigenvalue weighted by Crippen LogP contribution is 2.37.